The van der Waals surface area contributed by atoms with Crippen molar-refractivity contribution < 1.29 is 9.53 Å². The number of benzene rings is 2. The molecule has 1 saturated heterocycles. The van der Waals surface area contributed by atoms with Gasteiger partial charge in [0, 0.05) is 25.1 Å². The molecule has 0 aromatic heterocycles. The van der Waals surface area contributed by atoms with Crippen LogP contribution in [0.15, 0.2) is 54.6 Å². The molecule has 1 heterocycles. The summed E-state index contributed by atoms with van der Waals surface area (Å²) in [6.45, 7) is 4.83. The van der Waals surface area contributed by atoms with Gasteiger partial charge in [0.15, 0.2) is 0 Å². The maximum atomic E-state index is 11.0. The van der Waals surface area contributed by atoms with Gasteiger partial charge in [0.05, 0.1) is 6.10 Å². The first-order chi connectivity index (χ1) is 11.6. The number of hydrogen-bond acceptors (Lipinski definition) is 4. The number of rotatable bonds is 4. The van der Waals surface area contributed by atoms with Crippen LogP contribution in [0.2, 0.25) is 0 Å². The lowest BCUT2D eigenvalue weighted by Crippen LogP contribution is -2.17. The van der Waals surface area contributed by atoms with Crippen molar-refractivity contribution >= 4 is 11.5 Å². The van der Waals surface area contributed by atoms with E-state index in [0.29, 0.717) is 12.8 Å². The molecule has 1 aliphatic rings. The molecule has 4 nitrogen and oxygen atoms in total. The molecule has 0 saturated carbocycles. The minimum Gasteiger partial charge on any atom is -0.399 e. The van der Waals surface area contributed by atoms with Crippen LogP contribution in [-0.4, -0.2) is 18.6 Å². The zero-order valence-corrected chi connectivity index (χ0v) is 14.4. The summed E-state index contributed by atoms with van der Waals surface area (Å²) in [5, 5.41) is 3.25. The van der Waals surface area contributed by atoms with Gasteiger partial charge in [0.25, 0.3) is 0 Å². The standard InChI is InChI=1S/2C10H13NO/c1-8-11-7-10(12-8)9-5-3-2-4-6-9;1-2-10(12)7-8-3-5-9(11)6-4-8/h2-6,8,10-11H,7H2,1H3;3-6H,2,7,11H2,1H3. The minimum atomic E-state index is 0.190. The van der Waals surface area contributed by atoms with Gasteiger partial charge in [0.1, 0.15) is 12.0 Å². The molecule has 2 aromatic carbocycles. The van der Waals surface area contributed by atoms with Crippen LogP contribution in [0.4, 0.5) is 5.69 Å². The van der Waals surface area contributed by atoms with Crippen molar-refractivity contribution in [3.63, 3.8) is 0 Å². The SMILES string of the molecule is CC1NCC(c2ccccc2)O1.CCC(=O)Cc1ccc(N)cc1. The van der Waals surface area contributed by atoms with Crippen molar-refractivity contribution in [3.8, 4) is 0 Å². The van der Waals surface area contributed by atoms with E-state index in [1.165, 1.54) is 5.56 Å². The molecule has 4 heteroatoms. The first-order valence-corrected chi connectivity index (χ1v) is 8.38. The molecule has 2 unspecified atom stereocenters. The van der Waals surface area contributed by atoms with Gasteiger partial charge in [-0.1, -0.05) is 49.4 Å². The van der Waals surface area contributed by atoms with Gasteiger partial charge in [0.2, 0.25) is 0 Å². The third kappa shape index (κ3) is 5.80. The second kappa shape index (κ2) is 9.21. The molecule has 128 valence electrons. The molecule has 2 atom stereocenters. The van der Waals surface area contributed by atoms with Crippen molar-refractivity contribution in [1.82, 2.24) is 5.32 Å². The van der Waals surface area contributed by atoms with Crippen LogP contribution in [0.5, 0.6) is 0 Å². The first kappa shape index (κ1) is 18.2. The van der Waals surface area contributed by atoms with Crippen molar-refractivity contribution in [2.24, 2.45) is 0 Å². The highest BCUT2D eigenvalue weighted by Gasteiger charge is 2.21. The largest absolute Gasteiger partial charge is 0.399 e. The van der Waals surface area contributed by atoms with Crippen LogP contribution in [0, 0.1) is 0 Å². The molecule has 24 heavy (non-hydrogen) atoms. The van der Waals surface area contributed by atoms with Crippen LogP contribution in [0.3, 0.4) is 0 Å². The number of Topliss-reactive ketones (excluding diaryl/α,β-unsaturated/α-hetero) is 1. The molecule has 0 amide bonds. The summed E-state index contributed by atoms with van der Waals surface area (Å²) in [6, 6.07) is 17.7. The Balaban J connectivity index is 0.000000174. The van der Waals surface area contributed by atoms with Gasteiger partial charge in [-0.05, 0) is 30.2 Å². The zero-order chi connectivity index (χ0) is 17.4. The Hall–Kier alpha value is -2.17. The van der Waals surface area contributed by atoms with E-state index in [2.05, 4.69) is 17.4 Å². The number of anilines is 1. The maximum Gasteiger partial charge on any atom is 0.136 e. The van der Waals surface area contributed by atoms with E-state index in [4.69, 9.17) is 10.5 Å². The predicted molar refractivity (Wildman–Crippen MR) is 97.6 cm³/mol. The van der Waals surface area contributed by atoms with E-state index < -0.39 is 0 Å². The van der Waals surface area contributed by atoms with E-state index in [9.17, 15) is 4.79 Å². The molecule has 1 aliphatic heterocycles. The molecular weight excluding hydrogens is 300 g/mol. The smallest absolute Gasteiger partial charge is 0.136 e. The third-order valence-electron chi connectivity index (χ3n) is 3.91. The summed E-state index contributed by atoms with van der Waals surface area (Å²) in [6.07, 6.45) is 1.55. The minimum absolute atomic E-state index is 0.190. The Morgan fingerprint density at radius 1 is 1.17 bits per heavy atom. The van der Waals surface area contributed by atoms with Crippen molar-refractivity contribution in [3.05, 3.63) is 65.7 Å². The highest BCUT2D eigenvalue weighted by Crippen LogP contribution is 2.21. The summed E-state index contributed by atoms with van der Waals surface area (Å²) in [5.41, 5.74) is 8.54. The topological polar surface area (TPSA) is 64.3 Å². The van der Waals surface area contributed by atoms with Crippen LogP contribution in [0.25, 0.3) is 0 Å². The molecule has 2 aromatic rings. The second-order valence-electron chi connectivity index (χ2n) is 5.90. The van der Waals surface area contributed by atoms with E-state index in [-0.39, 0.29) is 18.1 Å². The third-order valence-corrected chi connectivity index (χ3v) is 3.91. The number of nitrogens with two attached hydrogens (primary N) is 1. The summed E-state index contributed by atoms with van der Waals surface area (Å²) in [7, 11) is 0. The van der Waals surface area contributed by atoms with E-state index >= 15 is 0 Å². The average molecular weight is 326 g/mol. The predicted octanol–water partition coefficient (Wildman–Crippen LogP) is 3.48. The van der Waals surface area contributed by atoms with Crippen molar-refractivity contribution in [2.45, 2.75) is 39.0 Å². The number of ether oxygens (including phenoxy) is 1. The highest BCUT2D eigenvalue weighted by molar-refractivity contribution is 5.80. The normalized spacial score (nSPS) is 19.4. The van der Waals surface area contributed by atoms with Crippen LogP contribution in [-0.2, 0) is 16.0 Å². The summed E-state index contributed by atoms with van der Waals surface area (Å²) in [5.74, 6) is 0.264. The molecule has 0 aliphatic carbocycles. The monoisotopic (exact) mass is 326 g/mol. The van der Waals surface area contributed by atoms with Gasteiger partial charge in [-0.2, -0.15) is 0 Å². The fourth-order valence-corrected chi connectivity index (χ4v) is 2.47. The molecule has 3 N–H and O–H groups in total. The Morgan fingerprint density at radius 2 is 1.83 bits per heavy atom. The molecule has 0 radical (unpaired) electrons. The Labute approximate surface area is 144 Å². The Morgan fingerprint density at radius 3 is 2.38 bits per heavy atom. The van der Waals surface area contributed by atoms with Crippen molar-refractivity contribution in [1.29, 1.82) is 0 Å². The van der Waals surface area contributed by atoms with Crippen molar-refractivity contribution in [2.75, 3.05) is 12.3 Å². The number of ketones is 1. The number of hydrogen-bond donors (Lipinski definition) is 2. The second-order valence-corrected chi connectivity index (χ2v) is 5.90. The highest BCUT2D eigenvalue weighted by atomic mass is 16.5. The first-order valence-electron chi connectivity index (χ1n) is 8.38. The average Bonchev–Trinajstić information content (AvgIpc) is 3.05. The van der Waals surface area contributed by atoms with Gasteiger partial charge in [-0.25, -0.2) is 0 Å². The van der Waals surface area contributed by atoms with E-state index in [1.807, 2.05) is 56.3 Å². The lowest BCUT2D eigenvalue weighted by molar-refractivity contribution is -0.118. The number of carbonyl (C=O) groups is 1. The molecule has 1 fully saturated rings. The summed E-state index contributed by atoms with van der Waals surface area (Å²) in [4.78, 5) is 11.0. The lowest BCUT2D eigenvalue weighted by atomic mass is 10.1. The van der Waals surface area contributed by atoms with Gasteiger partial charge in [-0.3, -0.25) is 10.1 Å². The quantitative estimate of drug-likeness (QED) is 0.844. The maximum absolute atomic E-state index is 11.0. The van der Waals surface area contributed by atoms with Crippen LogP contribution < -0.4 is 11.1 Å². The van der Waals surface area contributed by atoms with E-state index in [0.717, 1.165) is 17.8 Å². The Kier molecular flexibility index (Phi) is 6.97. The van der Waals surface area contributed by atoms with Gasteiger partial charge < -0.3 is 10.5 Å². The number of nitrogens with one attached hydrogen (secondary N) is 1. The lowest BCUT2D eigenvalue weighted by Gasteiger charge is -2.08. The molecular formula is C20H26N2O2. The summed E-state index contributed by atoms with van der Waals surface area (Å²) < 4.78 is 5.64. The van der Waals surface area contributed by atoms with Crippen LogP contribution >= 0.6 is 0 Å². The van der Waals surface area contributed by atoms with E-state index in [1.54, 1.807) is 0 Å². The van der Waals surface area contributed by atoms with Crippen LogP contribution in [0.1, 0.15) is 37.5 Å². The molecule has 0 spiro atoms. The number of carbonyl (C=O) groups excluding carboxylic acids is 1. The zero-order valence-electron chi connectivity index (χ0n) is 14.4. The fraction of sp³-hybridized carbons (Fsp3) is 0.350. The Bertz CT molecular complexity index is 626. The summed E-state index contributed by atoms with van der Waals surface area (Å²) >= 11 is 0. The fourth-order valence-electron chi connectivity index (χ4n) is 2.47. The number of nitrogen functional groups attached to an aromatic ring is 1. The molecule has 3 rings (SSSR count). The van der Waals surface area contributed by atoms with Gasteiger partial charge >= 0.3 is 0 Å². The van der Waals surface area contributed by atoms with Gasteiger partial charge in [-0.15, -0.1) is 0 Å². The molecule has 0 bridgehead atoms.